The van der Waals surface area contributed by atoms with Gasteiger partial charge in [-0.3, -0.25) is 43.8 Å². The summed E-state index contributed by atoms with van der Waals surface area (Å²) in [6.45, 7) is 9.91. The molecule has 2 saturated heterocycles. The van der Waals surface area contributed by atoms with Gasteiger partial charge in [-0.15, -0.1) is 16.4 Å². The highest BCUT2D eigenvalue weighted by Gasteiger charge is 2.45. The Morgan fingerprint density at radius 2 is 1.72 bits per heavy atom. The van der Waals surface area contributed by atoms with Gasteiger partial charge in [0.05, 0.1) is 67.1 Å². The first kappa shape index (κ1) is 59.8. The second kappa shape index (κ2) is 27.6. The van der Waals surface area contributed by atoms with E-state index in [-0.39, 0.29) is 47.6 Å². The maximum atomic E-state index is 15.2. The van der Waals surface area contributed by atoms with Crippen LogP contribution in [-0.2, 0) is 51.6 Å². The number of anilines is 3. The summed E-state index contributed by atoms with van der Waals surface area (Å²) in [6, 6.07) is 22.1. The van der Waals surface area contributed by atoms with Crippen LogP contribution in [0.3, 0.4) is 0 Å². The number of carboxylic acids is 1. The zero-order valence-electron chi connectivity index (χ0n) is 47.6. The van der Waals surface area contributed by atoms with Crippen LogP contribution in [0.1, 0.15) is 101 Å². The first-order valence-electron chi connectivity index (χ1n) is 28.8. The zero-order valence-corrected chi connectivity index (χ0v) is 49.2. The molecule has 4 N–H and O–H groups in total. The zero-order chi connectivity index (χ0) is 60.4. The number of thiazole rings is 2. The molecule has 7 aromatic rings. The number of aryl methyl sites for hydroxylation is 2. The summed E-state index contributed by atoms with van der Waals surface area (Å²) in [7, 11) is 0. The molecule has 1 unspecified atom stereocenters. The Labute approximate surface area is 508 Å². The maximum absolute atomic E-state index is 15.2. The molecule has 0 radical (unpaired) electrons. The number of piperidine rings is 1. The number of benzene rings is 4. The van der Waals surface area contributed by atoms with Crippen LogP contribution >= 0.6 is 22.7 Å². The largest absolute Gasteiger partial charge is 0.491 e. The molecule has 0 bridgehead atoms. The third-order valence-corrected chi connectivity index (χ3v) is 17.4. The van der Waals surface area contributed by atoms with Crippen molar-refractivity contribution in [2.45, 2.75) is 70.7 Å². The van der Waals surface area contributed by atoms with Crippen molar-refractivity contribution in [3.63, 3.8) is 0 Å². The number of aromatic nitrogens is 5. The average molecular weight is 1220 g/mol. The average Bonchev–Trinajstić information content (AvgIpc) is 1.87. The number of hydrogen-bond acceptors (Lipinski definition) is 18. The molecule has 450 valence electrons. The van der Waals surface area contributed by atoms with Gasteiger partial charge in [-0.1, -0.05) is 65.3 Å². The van der Waals surface area contributed by atoms with Crippen molar-refractivity contribution in [2.75, 3.05) is 87.8 Å². The van der Waals surface area contributed by atoms with E-state index in [1.54, 1.807) is 47.3 Å². The van der Waals surface area contributed by atoms with Gasteiger partial charge in [0.25, 0.3) is 17.7 Å². The molecule has 5 amide bonds. The summed E-state index contributed by atoms with van der Waals surface area (Å²) in [6.07, 6.45) is 5.01. The number of imide groups is 1. The van der Waals surface area contributed by atoms with E-state index >= 15 is 4.39 Å². The molecule has 11 rings (SSSR count). The molecule has 1 atom stereocenters. The van der Waals surface area contributed by atoms with Crippen molar-refractivity contribution in [1.82, 2.24) is 45.0 Å². The van der Waals surface area contributed by atoms with Crippen LogP contribution in [0.2, 0.25) is 0 Å². The van der Waals surface area contributed by atoms with Gasteiger partial charge in [0.15, 0.2) is 27.5 Å². The number of carbonyl (C=O) groups excluding carboxylic acids is 5. The normalized spacial score (nSPS) is 15.9. The van der Waals surface area contributed by atoms with Gasteiger partial charge in [-0.25, -0.2) is 19.2 Å². The summed E-state index contributed by atoms with van der Waals surface area (Å²) in [5.74, 6) is 2.95. The molecule has 4 aromatic carbocycles. The van der Waals surface area contributed by atoms with E-state index in [4.69, 9.17) is 14.2 Å². The number of para-hydroxylation sites is 1. The number of rotatable bonds is 24. The Morgan fingerprint density at radius 3 is 2.55 bits per heavy atom. The molecule has 4 aliphatic heterocycles. The van der Waals surface area contributed by atoms with E-state index in [9.17, 15) is 33.9 Å². The molecular formula is C62H63FN12O10S2. The van der Waals surface area contributed by atoms with Crippen LogP contribution in [0.15, 0.2) is 97.3 Å². The lowest BCUT2D eigenvalue weighted by Crippen LogP contribution is -2.51. The topological polar surface area (TPSA) is 256 Å². The van der Waals surface area contributed by atoms with Crippen molar-refractivity contribution < 1.29 is 52.5 Å². The van der Waals surface area contributed by atoms with Gasteiger partial charge in [0.2, 0.25) is 11.8 Å². The van der Waals surface area contributed by atoms with Crippen LogP contribution in [0.4, 0.5) is 20.3 Å². The van der Waals surface area contributed by atoms with Crippen LogP contribution in [0.5, 0.6) is 5.75 Å². The molecule has 0 spiro atoms. The number of carbonyl (C=O) groups is 6. The fourth-order valence-electron chi connectivity index (χ4n) is 10.8. The molecule has 4 aliphatic rings. The van der Waals surface area contributed by atoms with Gasteiger partial charge in [-0.05, 0) is 98.2 Å². The van der Waals surface area contributed by atoms with Crippen molar-refractivity contribution in [2.24, 2.45) is 0 Å². The molecular weight excluding hydrogens is 1160 g/mol. The monoisotopic (exact) mass is 1220 g/mol. The van der Waals surface area contributed by atoms with Crippen molar-refractivity contribution in [1.29, 1.82) is 0 Å². The van der Waals surface area contributed by atoms with E-state index in [0.717, 1.165) is 26.2 Å². The minimum absolute atomic E-state index is 0.0290. The van der Waals surface area contributed by atoms with Gasteiger partial charge >= 0.3 is 5.97 Å². The highest BCUT2D eigenvalue weighted by atomic mass is 32.1. The first-order valence-corrected chi connectivity index (χ1v) is 30.4. The molecule has 7 heterocycles. The minimum atomic E-state index is -1.13. The molecule has 0 saturated carbocycles. The van der Waals surface area contributed by atoms with E-state index in [1.165, 1.54) is 28.7 Å². The SMILES string of the molecule is C=C1CCC(N2C(=O)c3cccc(NCCOCCOCc4cn(CCCC(=O)N5CCN(CC#Cc6ccc(OCCCc7sc(N8CCc9cccc(C(=O)Nc%10nc%11ccccc%11s%10)c9C8)nc7C(=O)O)c(F)c6)CC5)nn4)c3C2=O)C(=O)N1. The molecule has 0 aliphatic carbocycles. The summed E-state index contributed by atoms with van der Waals surface area (Å²) in [4.78, 5) is 94.8. The molecule has 25 heteroatoms. The quantitative estimate of drug-likeness (QED) is 0.0269. The number of hydrogen-bond donors (Lipinski definition) is 4. The number of piperazine rings is 1. The fraction of sp³-hybridized carbons (Fsp3) is 0.355. The predicted molar refractivity (Wildman–Crippen MR) is 323 cm³/mol. The lowest BCUT2D eigenvalue weighted by atomic mass is 9.94. The Bertz CT molecular complexity index is 3800. The smallest absolute Gasteiger partial charge is 0.355 e. The number of carboxylic acid groups (broad SMARTS) is 1. The standard InChI is InChI=1S/C62H63FN12O10S2/c1-39-18-20-49(57(78)65-39)75-58(79)44-12-5-14-48(54(44)59(75)80)64-23-32-83-33-34-84-38-42-36-74(70-69-42)25-7-17-53(76)72-29-27-71(28-30-72)24-6-9-40-19-21-50(46(63)35-40)85-31-8-16-52-55(60(81)82)67-62(87-52)73-26-22-41-10-4-11-43(45(41)37-73)56(77)68-61-66-47-13-2-3-15-51(47)86-61/h2-5,10-15,19,21,35-36,49,64H,1,7-8,16-18,20,22-34,37-38H2,(H,65,78)(H,81,82)(H,66,68,77). The van der Waals surface area contributed by atoms with Crippen molar-refractivity contribution >= 4 is 84.3 Å². The number of aromatic carboxylic acids is 1. The summed E-state index contributed by atoms with van der Waals surface area (Å²) in [5.41, 5.74) is 5.93. The van der Waals surface area contributed by atoms with Crippen LogP contribution in [-0.4, -0.2) is 159 Å². The highest BCUT2D eigenvalue weighted by Crippen LogP contribution is 2.35. The lowest BCUT2D eigenvalue weighted by molar-refractivity contribution is -0.133. The number of amides is 5. The number of fused-ring (bicyclic) bond motifs is 3. The second-order valence-electron chi connectivity index (χ2n) is 21.2. The van der Waals surface area contributed by atoms with Gasteiger partial charge in [0, 0.05) is 86.2 Å². The highest BCUT2D eigenvalue weighted by molar-refractivity contribution is 7.22. The maximum Gasteiger partial charge on any atom is 0.355 e. The van der Waals surface area contributed by atoms with Crippen LogP contribution in [0, 0.1) is 17.7 Å². The van der Waals surface area contributed by atoms with Gasteiger partial charge in [-0.2, -0.15) is 0 Å². The Kier molecular flexibility index (Phi) is 19.0. The van der Waals surface area contributed by atoms with Crippen LogP contribution < -0.4 is 25.6 Å². The fourth-order valence-corrected chi connectivity index (χ4v) is 12.8. The number of nitrogens with zero attached hydrogens (tertiary/aromatic N) is 9. The van der Waals surface area contributed by atoms with E-state index in [0.29, 0.717) is 167 Å². The van der Waals surface area contributed by atoms with Crippen LogP contribution in [0.25, 0.3) is 10.2 Å². The number of allylic oxidation sites excluding steroid dienone is 1. The number of ether oxygens (including phenoxy) is 3. The molecule has 2 fully saturated rings. The Balaban J connectivity index is 0.544. The number of nitrogens with one attached hydrogen (secondary N) is 3. The van der Waals surface area contributed by atoms with Crippen molar-refractivity contribution in [3.05, 3.63) is 153 Å². The third kappa shape index (κ3) is 14.3. The van der Waals surface area contributed by atoms with Crippen molar-refractivity contribution in [3.8, 4) is 17.6 Å². The lowest BCUT2D eigenvalue weighted by Gasteiger charge is -2.33. The Hall–Kier alpha value is -8.93. The van der Waals surface area contributed by atoms with E-state index in [2.05, 4.69) is 59.6 Å². The molecule has 22 nitrogen and oxygen atoms in total. The summed E-state index contributed by atoms with van der Waals surface area (Å²) in [5, 5.41) is 28.3. The summed E-state index contributed by atoms with van der Waals surface area (Å²) < 4.78 is 35.1. The minimum Gasteiger partial charge on any atom is -0.491 e. The second-order valence-corrected chi connectivity index (χ2v) is 23.3. The van der Waals surface area contributed by atoms with E-state index in [1.807, 2.05) is 46.2 Å². The predicted octanol–water partition coefficient (Wildman–Crippen LogP) is 7.02. The van der Waals surface area contributed by atoms with Gasteiger partial charge in [0.1, 0.15) is 11.7 Å². The van der Waals surface area contributed by atoms with E-state index < -0.39 is 35.5 Å². The van der Waals surface area contributed by atoms with Gasteiger partial charge < -0.3 is 39.8 Å². The molecule has 3 aromatic heterocycles. The Morgan fingerprint density at radius 1 is 0.885 bits per heavy atom. The summed E-state index contributed by atoms with van der Waals surface area (Å²) >= 11 is 2.71. The number of halogens is 1. The molecule has 87 heavy (non-hydrogen) atoms. The first-order chi connectivity index (χ1) is 42.3. The third-order valence-electron chi connectivity index (χ3n) is 15.3.